The number of halogens is 3. The minimum atomic E-state index is -4.44. The number of piperidine rings is 1. The fourth-order valence-electron chi connectivity index (χ4n) is 3.78. The van der Waals surface area contributed by atoms with E-state index >= 15 is 0 Å². The Hall–Kier alpha value is -1.64. The van der Waals surface area contributed by atoms with Crippen LogP contribution in [0, 0.1) is 0 Å². The first kappa shape index (κ1) is 19.1. The van der Waals surface area contributed by atoms with Gasteiger partial charge in [-0.05, 0) is 37.5 Å². The number of rotatable bonds is 4. The van der Waals surface area contributed by atoms with Crippen LogP contribution in [-0.2, 0) is 20.4 Å². The van der Waals surface area contributed by atoms with Gasteiger partial charge in [0.1, 0.15) is 0 Å². The molecule has 2 saturated heterocycles. The van der Waals surface area contributed by atoms with Crippen molar-refractivity contribution in [3.8, 4) is 0 Å². The number of alkyl halides is 3. The Morgan fingerprint density at radius 3 is 2.88 bits per heavy atom. The van der Waals surface area contributed by atoms with Crippen molar-refractivity contribution in [2.45, 2.75) is 37.1 Å². The van der Waals surface area contributed by atoms with Gasteiger partial charge in [0.15, 0.2) is 0 Å². The van der Waals surface area contributed by atoms with Crippen molar-refractivity contribution in [3.05, 3.63) is 29.8 Å². The molecule has 8 heteroatoms. The number of hydrogen-bond acceptors (Lipinski definition) is 4. The quantitative estimate of drug-likeness (QED) is 0.883. The summed E-state index contributed by atoms with van der Waals surface area (Å²) < 4.78 is 49.8. The SMILES string of the molecule is CO[C@@H]1CN(CC(=O)Nc2cccc(C(F)(F)F)c2)CC[C@@]12CCCO2. The molecule has 0 aliphatic carbocycles. The van der Waals surface area contributed by atoms with Crippen LogP contribution >= 0.6 is 0 Å². The Bertz CT molecular complexity index is 645. The molecule has 1 aromatic carbocycles. The Morgan fingerprint density at radius 2 is 2.23 bits per heavy atom. The molecule has 144 valence electrons. The number of ether oxygens (including phenoxy) is 2. The van der Waals surface area contributed by atoms with Crippen LogP contribution in [-0.4, -0.2) is 55.9 Å². The van der Waals surface area contributed by atoms with Gasteiger partial charge in [-0.2, -0.15) is 13.2 Å². The second kappa shape index (κ2) is 7.54. The van der Waals surface area contributed by atoms with Crippen LogP contribution in [0.4, 0.5) is 18.9 Å². The normalized spacial score (nSPS) is 27.0. The van der Waals surface area contributed by atoms with E-state index < -0.39 is 11.7 Å². The minimum Gasteiger partial charge on any atom is -0.377 e. The average molecular weight is 372 g/mol. The highest BCUT2D eigenvalue weighted by atomic mass is 19.4. The molecule has 1 amide bonds. The maximum atomic E-state index is 12.8. The van der Waals surface area contributed by atoms with Crippen LogP contribution < -0.4 is 5.32 Å². The van der Waals surface area contributed by atoms with Crippen LogP contribution in [0.15, 0.2) is 24.3 Å². The summed E-state index contributed by atoms with van der Waals surface area (Å²) in [7, 11) is 1.64. The van der Waals surface area contributed by atoms with E-state index in [2.05, 4.69) is 5.32 Å². The largest absolute Gasteiger partial charge is 0.416 e. The van der Waals surface area contributed by atoms with Gasteiger partial charge in [0.05, 0.1) is 23.8 Å². The summed E-state index contributed by atoms with van der Waals surface area (Å²) in [6, 6.07) is 4.64. The van der Waals surface area contributed by atoms with Crippen molar-refractivity contribution in [2.75, 3.05) is 38.7 Å². The first-order valence-electron chi connectivity index (χ1n) is 8.69. The van der Waals surface area contributed by atoms with Crippen molar-refractivity contribution in [1.29, 1.82) is 0 Å². The van der Waals surface area contributed by atoms with Gasteiger partial charge in [-0.1, -0.05) is 6.07 Å². The zero-order chi connectivity index (χ0) is 18.8. The number of amides is 1. The molecule has 0 unspecified atom stereocenters. The van der Waals surface area contributed by atoms with Crippen molar-refractivity contribution in [3.63, 3.8) is 0 Å². The lowest BCUT2D eigenvalue weighted by atomic mass is 9.86. The van der Waals surface area contributed by atoms with Gasteiger partial charge in [-0.3, -0.25) is 9.69 Å². The van der Waals surface area contributed by atoms with E-state index in [4.69, 9.17) is 9.47 Å². The van der Waals surface area contributed by atoms with E-state index in [1.807, 2.05) is 4.90 Å². The van der Waals surface area contributed by atoms with E-state index in [0.29, 0.717) is 13.1 Å². The minimum absolute atomic E-state index is 0.103. The third kappa shape index (κ3) is 4.19. The highest BCUT2D eigenvalue weighted by Gasteiger charge is 2.46. The van der Waals surface area contributed by atoms with Crippen molar-refractivity contribution < 1.29 is 27.4 Å². The Morgan fingerprint density at radius 1 is 1.42 bits per heavy atom. The molecule has 3 rings (SSSR count). The molecule has 0 radical (unpaired) electrons. The summed E-state index contributed by atoms with van der Waals surface area (Å²) in [4.78, 5) is 14.2. The van der Waals surface area contributed by atoms with Crippen LogP contribution in [0.3, 0.4) is 0 Å². The number of likely N-dealkylation sites (tertiary alicyclic amines) is 1. The van der Waals surface area contributed by atoms with Crippen molar-refractivity contribution in [1.82, 2.24) is 4.90 Å². The molecular formula is C18H23F3N2O3. The average Bonchev–Trinajstić information content (AvgIpc) is 3.05. The Labute approximate surface area is 150 Å². The van der Waals surface area contributed by atoms with Gasteiger partial charge in [0.25, 0.3) is 0 Å². The van der Waals surface area contributed by atoms with Gasteiger partial charge in [0.2, 0.25) is 5.91 Å². The van der Waals surface area contributed by atoms with E-state index in [1.165, 1.54) is 12.1 Å². The van der Waals surface area contributed by atoms with Crippen LogP contribution in [0.5, 0.6) is 0 Å². The van der Waals surface area contributed by atoms with E-state index in [1.54, 1.807) is 7.11 Å². The zero-order valence-corrected chi connectivity index (χ0v) is 14.6. The van der Waals surface area contributed by atoms with Gasteiger partial charge in [-0.15, -0.1) is 0 Å². The van der Waals surface area contributed by atoms with Gasteiger partial charge in [-0.25, -0.2) is 0 Å². The lowest BCUT2D eigenvalue weighted by Crippen LogP contribution is -2.57. The molecule has 1 spiro atoms. The van der Waals surface area contributed by atoms with Crippen LogP contribution in [0.2, 0.25) is 0 Å². The lowest BCUT2D eigenvalue weighted by Gasteiger charge is -2.44. The van der Waals surface area contributed by atoms with E-state index in [-0.39, 0.29) is 29.8 Å². The summed E-state index contributed by atoms with van der Waals surface area (Å²) in [5, 5.41) is 2.54. The lowest BCUT2D eigenvalue weighted by molar-refractivity contribution is -0.145. The van der Waals surface area contributed by atoms with E-state index in [9.17, 15) is 18.0 Å². The fraction of sp³-hybridized carbons (Fsp3) is 0.611. The molecule has 5 nitrogen and oxygen atoms in total. The van der Waals surface area contributed by atoms with Crippen LogP contribution in [0.1, 0.15) is 24.8 Å². The third-order valence-corrected chi connectivity index (χ3v) is 5.12. The summed E-state index contributed by atoms with van der Waals surface area (Å²) in [6.07, 6.45) is -1.80. The summed E-state index contributed by atoms with van der Waals surface area (Å²) in [5.41, 5.74) is -0.906. The molecule has 2 aliphatic rings. The first-order chi connectivity index (χ1) is 12.3. The monoisotopic (exact) mass is 372 g/mol. The standard InChI is InChI=1S/C18H23F3N2O3/c1-25-15-11-23(8-7-17(15)6-3-9-26-17)12-16(24)22-14-5-2-4-13(10-14)18(19,20)21/h2,4-5,10,15H,3,6-9,11-12H2,1H3,(H,22,24)/t15-,17+/m1/s1. The second-order valence-electron chi connectivity index (χ2n) is 6.85. The number of anilines is 1. The summed E-state index contributed by atoms with van der Waals surface area (Å²) in [6.45, 7) is 2.09. The molecule has 2 atom stereocenters. The topological polar surface area (TPSA) is 50.8 Å². The number of carbonyl (C=O) groups excluding carboxylic acids is 1. The Balaban J connectivity index is 1.57. The molecular weight excluding hydrogens is 349 g/mol. The molecule has 0 bridgehead atoms. The molecule has 1 aromatic rings. The van der Waals surface area contributed by atoms with Crippen LogP contribution in [0.25, 0.3) is 0 Å². The second-order valence-corrected chi connectivity index (χ2v) is 6.85. The molecule has 1 N–H and O–H groups in total. The summed E-state index contributed by atoms with van der Waals surface area (Å²) in [5.74, 6) is -0.345. The molecule has 2 heterocycles. The third-order valence-electron chi connectivity index (χ3n) is 5.12. The molecule has 26 heavy (non-hydrogen) atoms. The maximum absolute atomic E-state index is 12.8. The van der Waals surface area contributed by atoms with Gasteiger partial charge >= 0.3 is 6.18 Å². The highest BCUT2D eigenvalue weighted by molar-refractivity contribution is 5.92. The maximum Gasteiger partial charge on any atom is 0.416 e. The number of benzene rings is 1. The van der Waals surface area contributed by atoms with Crippen molar-refractivity contribution in [2.24, 2.45) is 0 Å². The summed E-state index contributed by atoms with van der Waals surface area (Å²) >= 11 is 0. The fourth-order valence-corrected chi connectivity index (χ4v) is 3.78. The molecule has 0 saturated carbocycles. The number of methoxy groups -OCH3 is 1. The molecule has 0 aromatic heterocycles. The number of nitrogens with zero attached hydrogens (tertiary/aromatic N) is 1. The first-order valence-corrected chi connectivity index (χ1v) is 8.69. The smallest absolute Gasteiger partial charge is 0.377 e. The van der Waals surface area contributed by atoms with Gasteiger partial charge < -0.3 is 14.8 Å². The van der Waals surface area contributed by atoms with Gasteiger partial charge in [0, 0.05) is 32.5 Å². The van der Waals surface area contributed by atoms with Crippen molar-refractivity contribution >= 4 is 11.6 Å². The number of hydrogen-bond donors (Lipinski definition) is 1. The highest BCUT2D eigenvalue weighted by Crippen LogP contribution is 2.37. The predicted molar refractivity (Wildman–Crippen MR) is 89.8 cm³/mol. The number of nitrogens with one attached hydrogen (secondary N) is 1. The Kier molecular flexibility index (Phi) is 5.55. The zero-order valence-electron chi connectivity index (χ0n) is 14.6. The predicted octanol–water partition coefficient (Wildman–Crippen LogP) is 2.91. The molecule has 2 aliphatic heterocycles. The molecule has 2 fully saturated rings. The van der Waals surface area contributed by atoms with E-state index in [0.717, 1.165) is 38.0 Å². The number of carbonyl (C=O) groups is 1.